The maximum atomic E-state index is 13.1. The van der Waals surface area contributed by atoms with Gasteiger partial charge in [0.25, 0.3) is 5.91 Å². The molecule has 0 radical (unpaired) electrons. The van der Waals surface area contributed by atoms with E-state index < -0.39 is 0 Å². The van der Waals surface area contributed by atoms with Gasteiger partial charge in [-0.3, -0.25) is 4.79 Å². The van der Waals surface area contributed by atoms with E-state index in [9.17, 15) is 4.79 Å². The summed E-state index contributed by atoms with van der Waals surface area (Å²) < 4.78 is 7.40. The average molecular weight is 531 g/mol. The van der Waals surface area contributed by atoms with Crippen molar-refractivity contribution >= 4 is 45.5 Å². The van der Waals surface area contributed by atoms with E-state index in [1.165, 1.54) is 5.69 Å². The summed E-state index contributed by atoms with van der Waals surface area (Å²) in [6.45, 7) is 3.28. The number of morpholine rings is 1. The molecule has 1 aliphatic heterocycles. The van der Waals surface area contributed by atoms with Crippen LogP contribution in [0.5, 0.6) is 0 Å². The molecule has 0 atom stereocenters. The summed E-state index contributed by atoms with van der Waals surface area (Å²) in [5.41, 5.74) is 7.23. The predicted octanol–water partition coefficient (Wildman–Crippen LogP) is 5.11. The van der Waals surface area contributed by atoms with Gasteiger partial charge in [-0.25, -0.2) is 15.0 Å². The van der Waals surface area contributed by atoms with Crippen molar-refractivity contribution in [3.63, 3.8) is 0 Å². The molecule has 0 saturated carbocycles. The molecular weight excluding hydrogens is 504 g/mol. The second-order valence-corrected chi connectivity index (χ2v) is 9.57. The van der Waals surface area contributed by atoms with Crippen molar-refractivity contribution in [1.82, 2.24) is 24.3 Å². The molecule has 0 spiro atoms. The average Bonchev–Trinajstić information content (AvgIpc) is 3.68. The van der Waals surface area contributed by atoms with E-state index in [4.69, 9.17) is 9.72 Å². The molecule has 1 aliphatic rings. The summed E-state index contributed by atoms with van der Waals surface area (Å²) >= 11 is 0. The summed E-state index contributed by atoms with van der Waals surface area (Å²) in [6.07, 6.45) is 7.17. The van der Waals surface area contributed by atoms with Crippen LogP contribution in [0, 0.1) is 0 Å². The van der Waals surface area contributed by atoms with E-state index in [1.807, 2.05) is 65.3 Å². The molecule has 3 aromatic carbocycles. The van der Waals surface area contributed by atoms with Crippen LogP contribution in [0.15, 0.2) is 91.6 Å². The highest BCUT2D eigenvalue weighted by Gasteiger charge is 2.14. The zero-order valence-electron chi connectivity index (χ0n) is 21.5. The Bertz CT molecular complexity index is 1820. The number of H-pyrrole nitrogens is 1. The van der Waals surface area contributed by atoms with Gasteiger partial charge in [0.2, 0.25) is 0 Å². The van der Waals surface area contributed by atoms with Crippen LogP contribution in [-0.2, 0) is 4.74 Å². The van der Waals surface area contributed by atoms with Gasteiger partial charge < -0.3 is 29.7 Å². The zero-order valence-corrected chi connectivity index (χ0v) is 21.5. The van der Waals surface area contributed by atoms with Crippen LogP contribution in [0.25, 0.3) is 27.9 Å². The molecule has 0 aliphatic carbocycles. The van der Waals surface area contributed by atoms with Gasteiger partial charge in [0.15, 0.2) is 11.5 Å². The van der Waals surface area contributed by atoms with Gasteiger partial charge in [0, 0.05) is 59.9 Å². The Labute approximate surface area is 229 Å². The first-order chi connectivity index (χ1) is 19.7. The molecule has 3 N–H and O–H groups in total. The minimum absolute atomic E-state index is 0.209. The largest absolute Gasteiger partial charge is 0.378 e. The van der Waals surface area contributed by atoms with Gasteiger partial charge in [-0.1, -0.05) is 12.1 Å². The van der Waals surface area contributed by atoms with E-state index in [-0.39, 0.29) is 5.91 Å². The third-order valence-electron chi connectivity index (χ3n) is 6.98. The SMILES string of the molecule is O=C(Nc1ccc2[nH]cnc2c1)c1cccc(-c2cn3ccnc3c(Nc3ccc(N4CCOCC4)cc3)n2)c1. The second-order valence-electron chi connectivity index (χ2n) is 9.57. The van der Waals surface area contributed by atoms with Crippen LogP contribution in [0.2, 0.25) is 0 Å². The Kier molecular flexibility index (Phi) is 6.06. The fourth-order valence-corrected chi connectivity index (χ4v) is 4.90. The minimum atomic E-state index is -0.209. The lowest BCUT2D eigenvalue weighted by Crippen LogP contribution is -2.36. The molecule has 6 aromatic rings. The van der Waals surface area contributed by atoms with Gasteiger partial charge in [0.1, 0.15) is 0 Å². The maximum Gasteiger partial charge on any atom is 0.255 e. The molecule has 10 nitrogen and oxygen atoms in total. The van der Waals surface area contributed by atoms with Crippen LogP contribution >= 0.6 is 0 Å². The van der Waals surface area contributed by atoms with Crippen molar-refractivity contribution in [1.29, 1.82) is 0 Å². The highest BCUT2D eigenvalue weighted by molar-refractivity contribution is 6.05. The number of carbonyl (C=O) groups is 1. The van der Waals surface area contributed by atoms with E-state index in [2.05, 4.69) is 42.6 Å². The lowest BCUT2D eigenvalue weighted by molar-refractivity contribution is 0.102. The van der Waals surface area contributed by atoms with Crippen LogP contribution < -0.4 is 15.5 Å². The van der Waals surface area contributed by atoms with E-state index in [1.54, 1.807) is 18.6 Å². The Balaban J connectivity index is 1.14. The van der Waals surface area contributed by atoms with Crippen LogP contribution in [0.4, 0.5) is 22.9 Å². The molecule has 1 saturated heterocycles. The maximum absolute atomic E-state index is 13.1. The van der Waals surface area contributed by atoms with Crippen molar-refractivity contribution in [3.05, 3.63) is 97.2 Å². The highest BCUT2D eigenvalue weighted by atomic mass is 16.5. The topological polar surface area (TPSA) is 112 Å². The number of benzene rings is 3. The second kappa shape index (κ2) is 10.2. The summed E-state index contributed by atoms with van der Waals surface area (Å²) in [4.78, 5) is 32.1. The van der Waals surface area contributed by atoms with Gasteiger partial charge in [-0.05, 0) is 54.6 Å². The number of ether oxygens (including phenoxy) is 1. The third kappa shape index (κ3) is 4.72. The first-order valence-electron chi connectivity index (χ1n) is 13.1. The van der Waals surface area contributed by atoms with Crippen molar-refractivity contribution in [2.24, 2.45) is 0 Å². The molecule has 40 heavy (non-hydrogen) atoms. The number of rotatable bonds is 6. The van der Waals surface area contributed by atoms with Crippen molar-refractivity contribution in [2.45, 2.75) is 0 Å². The lowest BCUT2D eigenvalue weighted by Gasteiger charge is -2.28. The third-order valence-corrected chi connectivity index (χ3v) is 6.98. The Hall–Kier alpha value is -5.22. The van der Waals surface area contributed by atoms with Crippen LogP contribution in [0.1, 0.15) is 10.4 Å². The predicted molar refractivity (Wildman–Crippen MR) is 155 cm³/mol. The minimum Gasteiger partial charge on any atom is -0.378 e. The number of fused-ring (bicyclic) bond motifs is 2. The fourth-order valence-electron chi connectivity index (χ4n) is 4.90. The van der Waals surface area contributed by atoms with Crippen LogP contribution in [-0.4, -0.2) is 56.5 Å². The fraction of sp³-hybridized carbons (Fsp3) is 0.133. The molecule has 0 unspecified atom stereocenters. The summed E-state index contributed by atoms with van der Waals surface area (Å²) in [5.74, 6) is 0.419. The molecule has 7 rings (SSSR count). The Morgan fingerprint density at radius 3 is 2.67 bits per heavy atom. The van der Waals surface area contributed by atoms with Gasteiger partial charge in [0.05, 0.1) is 36.3 Å². The van der Waals surface area contributed by atoms with Crippen LogP contribution in [0.3, 0.4) is 0 Å². The molecule has 1 amide bonds. The number of amides is 1. The Morgan fingerprint density at radius 1 is 0.950 bits per heavy atom. The number of anilines is 4. The zero-order chi connectivity index (χ0) is 26.9. The number of imidazole rings is 2. The molecule has 10 heteroatoms. The molecule has 0 bridgehead atoms. The van der Waals surface area contributed by atoms with E-state index in [0.717, 1.165) is 48.6 Å². The first kappa shape index (κ1) is 23.9. The number of hydrogen-bond donors (Lipinski definition) is 3. The van der Waals surface area contributed by atoms with Crippen molar-refractivity contribution < 1.29 is 9.53 Å². The summed E-state index contributed by atoms with van der Waals surface area (Å²) in [7, 11) is 0. The first-order valence-corrected chi connectivity index (χ1v) is 13.1. The standard InChI is InChI=1S/C30H26N8O2/c39-30(35-23-6-9-25-26(17-23)33-19-32-25)21-3-1-2-20(16-21)27-18-38-11-10-31-29(38)28(36-27)34-22-4-7-24(8-5-22)37-12-14-40-15-13-37/h1-11,16-19H,12-15H2,(H,32,33)(H,34,36)(H,35,39). The number of aromatic nitrogens is 5. The monoisotopic (exact) mass is 530 g/mol. The molecular formula is C30H26N8O2. The number of nitrogens with zero attached hydrogens (tertiary/aromatic N) is 5. The summed E-state index contributed by atoms with van der Waals surface area (Å²) in [5, 5.41) is 6.40. The molecule has 4 heterocycles. The molecule has 198 valence electrons. The Morgan fingerprint density at radius 2 is 1.80 bits per heavy atom. The van der Waals surface area contributed by atoms with Gasteiger partial charge in [-0.15, -0.1) is 0 Å². The normalized spacial score (nSPS) is 13.6. The van der Waals surface area contributed by atoms with Crippen molar-refractivity contribution in [3.8, 4) is 11.3 Å². The number of aromatic amines is 1. The molecule has 1 fully saturated rings. The lowest BCUT2D eigenvalue weighted by atomic mass is 10.1. The summed E-state index contributed by atoms with van der Waals surface area (Å²) in [6, 6.07) is 21.3. The van der Waals surface area contributed by atoms with Crippen molar-refractivity contribution in [2.75, 3.05) is 41.8 Å². The van der Waals surface area contributed by atoms with E-state index in [0.29, 0.717) is 28.4 Å². The highest BCUT2D eigenvalue weighted by Crippen LogP contribution is 2.27. The quantitative estimate of drug-likeness (QED) is 0.274. The van der Waals surface area contributed by atoms with Gasteiger partial charge in [-0.2, -0.15) is 0 Å². The molecule has 3 aromatic heterocycles. The number of carbonyl (C=O) groups excluding carboxylic acids is 1. The van der Waals surface area contributed by atoms with Gasteiger partial charge >= 0.3 is 0 Å². The number of hydrogen-bond acceptors (Lipinski definition) is 7. The van der Waals surface area contributed by atoms with E-state index >= 15 is 0 Å². The smallest absolute Gasteiger partial charge is 0.255 e. The number of nitrogens with one attached hydrogen (secondary N) is 3.